The zero-order valence-electron chi connectivity index (χ0n) is 17.0. The summed E-state index contributed by atoms with van der Waals surface area (Å²) >= 11 is 0. The third-order valence-corrected chi connectivity index (χ3v) is 6.91. The molecular weight excluding hydrogens is 422 g/mol. The molecule has 0 aromatic heterocycles. The van der Waals surface area contributed by atoms with Crippen LogP contribution in [0.25, 0.3) is 0 Å². The van der Waals surface area contributed by atoms with Gasteiger partial charge in [0, 0.05) is 38.7 Å². The van der Waals surface area contributed by atoms with Crippen LogP contribution in [0.15, 0.2) is 53.4 Å². The molecule has 0 atom stereocenters. The highest BCUT2D eigenvalue weighted by Gasteiger charge is 2.29. The van der Waals surface area contributed by atoms with Crippen molar-refractivity contribution in [3.8, 4) is 0 Å². The molecule has 2 aromatic rings. The van der Waals surface area contributed by atoms with Crippen molar-refractivity contribution in [3.05, 3.63) is 65.2 Å². The van der Waals surface area contributed by atoms with Crippen LogP contribution in [0.3, 0.4) is 0 Å². The number of benzene rings is 2. The zero-order chi connectivity index (χ0) is 22.6. The zero-order valence-corrected chi connectivity index (χ0v) is 17.8. The Morgan fingerprint density at radius 3 is 2.19 bits per heavy atom. The van der Waals surface area contributed by atoms with Gasteiger partial charge in [-0.25, -0.2) is 13.2 Å². The molecule has 10 heteroatoms. The van der Waals surface area contributed by atoms with Gasteiger partial charge in [-0.2, -0.15) is 4.31 Å². The predicted molar refractivity (Wildman–Crippen MR) is 112 cm³/mol. The summed E-state index contributed by atoms with van der Waals surface area (Å²) < 4.78 is 32.2. The molecule has 1 heterocycles. The van der Waals surface area contributed by atoms with Gasteiger partial charge in [0.05, 0.1) is 10.5 Å². The summed E-state index contributed by atoms with van der Waals surface area (Å²) in [4.78, 5) is 36.6. The van der Waals surface area contributed by atoms with Crippen molar-refractivity contribution in [1.82, 2.24) is 9.21 Å². The lowest BCUT2D eigenvalue weighted by Crippen LogP contribution is -2.49. The van der Waals surface area contributed by atoms with Crippen molar-refractivity contribution in [2.24, 2.45) is 5.73 Å². The fraction of sp³-hybridized carbons (Fsp3) is 0.286. The summed E-state index contributed by atoms with van der Waals surface area (Å²) in [7, 11) is -3.72. The van der Waals surface area contributed by atoms with Gasteiger partial charge in [-0.15, -0.1) is 0 Å². The van der Waals surface area contributed by atoms with E-state index in [1.807, 2.05) is 0 Å². The number of piperazine rings is 1. The number of rotatable bonds is 6. The van der Waals surface area contributed by atoms with Gasteiger partial charge in [-0.3, -0.25) is 9.59 Å². The smallest absolute Gasteiger partial charge is 0.338 e. The lowest BCUT2D eigenvalue weighted by molar-refractivity contribution is -0.129. The number of carbonyl (C=O) groups is 3. The molecule has 2 N–H and O–H groups in total. The molecule has 2 aromatic carbocycles. The van der Waals surface area contributed by atoms with E-state index in [1.54, 1.807) is 23.1 Å². The molecule has 1 aliphatic rings. The van der Waals surface area contributed by atoms with Crippen molar-refractivity contribution in [2.45, 2.75) is 18.4 Å². The van der Waals surface area contributed by atoms with Crippen LogP contribution in [0, 0.1) is 0 Å². The Balaban J connectivity index is 1.63. The normalized spacial score (nSPS) is 14.8. The molecule has 0 aliphatic carbocycles. The highest BCUT2D eigenvalue weighted by Crippen LogP contribution is 2.19. The molecule has 0 unspecified atom stereocenters. The SMILES string of the molecule is CC(=O)N1CCN(S(=O)(=O)c2ccc(C(=O)OCc3cccc(C(N)=O)c3)cc2)CC1. The van der Waals surface area contributed by atoms with Gasteiger partial charge >= 0.3 is 5.97 Å². The number of primary amides is 1. The Bertz CT molecular complexity index is 1090. The minimum atomic E-state index is -3.72. The molecule has 31 heavy (non-hydrogen) atoms. The first kappa shape index (κ1) is 22.4. The van der Waals surface area contributed by atoms with E-state index in [1.165, 1.54) is 41.6 Å². The van der Waals surface area contributed by atoms with Gasteiger partial charge in [0.25, 0.3) is 0 Å². The molecule has 1 aliphatic heterocycles. The molecule has 3 rings (SSSR count). The van der Waals surface area contributed by atoms with Crippen LogP contribution < -0.4 is 5.73 Å². The second-order valence-corrected chi connectivity index (χ2v) is 9.01. The average Bonchev–Trinajstić information content (AvgIpc) is 2.77. The number of sulfonamides is 1. The van der Waals surface area contributed by atoms with E-state index in [2.05, 4.69) is 0 Å². The number of nitrogens with two attached hydrogens (primary N) is 1. The van der Waals surface area contributed by atoms with Crippen LogP contribution in [0.5, 0.6) is 0 Å². The topological polar surface area (TPSA) is 127 Å². The second kappa shape index (κ2) is 9.27. The van der Waals surface area contributed by atoms with Crippen molar-refractivity contribution < 1.29 is 27.5 Å². The largest absolute Gasteiger partial charge is 0.457 e. The van der Waals surface area contributed by atoms with Gasteiger partial charge < -0.3 is 15.4 Å². The maximum absolute atomic E-state index is 12.8. The molecule has 164 valence electrons. The average molecular weight is 445 g/mol. The maximum atomic E-state index is 12.8. The van der Waals surface area contributed by atoms with E-state index in [4.69, 9.17) is 10.5 Å². The Hall–Kier alpha value is -3.24. The summed E-state index contributed by atoms with van der Waals surface area (Å²) in [6, 6.07) is 11.9. The van der Waals surface area contributed by atoms with E-state index < -0.39 is 21.9 Å². The third-order valence-electron chi connectivity index (χ3n) is 4.99. The van der Waals surface area contributed by atoms with Crippen molar-refractivity contribution >= 4 is 27.8 Å². The Morgan fingerprint density at radius 1 is 0.968 bits per heavy atom. The fourth-order valence-corrected chi connectivity index (χ4v) is 4.62. The molecule has 0 radical (unpaired) electrons. The minimum absolute atomic E-state index is 0.0551. The highest BCUT2D eigenvalue weighted by atomic mass is 32.2. The molecule has 0 bridgehead atoms. The van der Waals surface area contributed by atoms with E-state index >= 15 is 0 Å². The second-order valence-electron chi connectivity index (χ2n) is 7.08. The van der Waals surface area contributed by atoms with Crippen LogP contribution in [-0.2, 0) is 26.2 Å². The Kier molecular flexibility index (Phi) is 6.71. The summed E-state index contributed by atoms with van der Waals surface area (Å²) in [6.07, 6.45) is 0. The van der Waals surface area contributed by atoms with E-state index in [0.29, 0.717) is 24.2 Å². The van der Waals surface area contributed by atoms with Crippen LogP contribution >= 0.6 is 0 Å². The number of ether oxygens (including phenoxy) is 1. The third kappa shape index (κ3) is 5.28. The first-order chi connectivity index (χ1) is 14.7. The summed E-state index contributed by atoms with van der Waals surface area (Å²) in [6.45, 7) is 2.52. The number of esters is 1. The Labute approximate surface area is 180 Å². The molecule has 0 spiro atoms. The summed E-state index contributed by atoms with van der Waals surface area (Å²) in [5.74, 6) is -1.28. The van der Waals surface area contributed by atoms with Gasteiger partial charge in [0.2, 0.25) is 21.8 Å². The van der Waals surface area contributed by atoms with Crippen LogP contribution in [-0.4, -0.2) is 61.6 Å². The Morgan fingerprint density at radius 2 is 1.61 bits per heavy atom. The van der Waals surface area contributed by atoms with Crippen molar-refractivity contribution in [1.29, 1.82) is 0 Å². The van der Waals surface area contributed by atoms with E-state index in [9.17, 15) is 22.8 Å². The molecule has 1 saturated heterocycles. The van der Waals surface area contributed by atoms with Gasteiger partial charge in [-0.05, 0) is 42.0 Å². The van der Waals surface area contributed by atoms with Crippen molar-refractivity contribution in [2.75, 3.05) is 26.2 Å². The number of nitrogens with zero attached hydrogens (tertiary/aromatic N) is 2. The predicted octanol–water partition coefficient (Wildman–Crippen LogP) is 0.995. The first-order valence-electron chi connectivity index (χ1n) is 9.60. The van der Waals surface area contributed by atoms with Crippen LogP contribution in [0.2, 0.25) is 0 Å². The quantitative estimate of drug-likeness (QED) is 0.661. The van der Waals surface area contributed by atoms with Crippen molar-refractivity contribution in [3.63, 3.8) is 0 Å². The standard InChI is InChI=1S/C21H23N3O6S/c1-15(25)23-9-11-24(12-10-23)31(28,29)19-7-5-17(6-8-19)21(27)30-14-16-3-2-4-18(13-16)20(22)26/h2-8,13H,9-12,14H2,1H3,(H2,22,26). The molecule has 1 fully saturated rings. The monoisotopic (exact) mass is 445 g/mol. The summed E-state index contributed by atoms with van der Waals surface area (Å²) in [5.41, 5.74) is 6.35. The maximum Gasteiger partial charge on any atom is 0.338 e. The molecule has 2 amide bonds. The number of hydrogen-bond acceptors (Lipinski definition) is 6. The number of amides is 2. The lowest BCUT2D eigenvalue weighted by atomic mass is 10.1. The van der Waals surface area contributed by atoms with Crippen LogP contribution in [0.4, 0.5) is 0 Å². The molecular formula is C21H23N3O6S. The summed E-state index contributed by atoms with van der Waals surface area (Å²) in [5, 5.41) is 0. The molecule has 9 nitrogen and oxygen atoms in total. The first-order valence-corrected chi connectivity index (χ1v) is 11.0. The highest BCUT2D eigenvalue weighted by molar-refractivity contribution is 7.89. The van der Waals surface area contributed by atoms with Gasteiger partial charge in [0.15, 0.2) is 0 Å². The number of hydrogen-bond donors (Lipinski definition) is 1. The van der Waals surface area contributed by atoms with E-state index in [-0.39, 0.29) is 36.1 Å². The molecule has 0 saturated carbocycles. The van der Waals surface area contributed by atoms with E-state index in [0.717, 1.165) is 0 Å². The number of carbonyl (C=O) groups excluding carboxylic acids is 3. The van der Waals surface area contributed by atoms with Gasteiger partial charge in [-0.1, -0.05) is 12.1 Å². The fourth-order valence-electron chi connectivity index (χ4n) is 3.20. The lowest BCUT2D eigenvalue weighted by Gasteiger charge is -2.33. The van der Waals surface area contributed by atoms with Crippen LogP contribution in [0.1, 0.15) is 33.2 Å². The minimum Gasteiger partial charge on any atom is -0.457 e. The van der Waals surface area contributed by atoms with Gasteiger partial charge in [0.1, 0.15) is 6.61 Å².